The molecular weight excluding hydrogens is 280 g/mol. The van der Waals surface area contributed by atoms with E-state index in [4.69, 9.17) is 9.84 Å². The molecule has 2 aromatic carbocycles. The van der Waals surface area contributed by atoms with E-state index < -0.39 is 0 Å². The van der Waals surface area contributed by atoms with Gasteiger partial charge in [0, 0.05) is 4.47 Å². The minimum atomic E-state index is 0.0599. The molecule has 0 radical (unpaired) electrons. The highest BCUT2D eigenvalue weighted by Gasteiger charge is 2.01. The van der Waals surface area contributed by atoms with Crippen LogP contribution in [0.15, 0.2) is 46.9 Å². The molecule has 1 N–H and O–H groups in total. The fourth-order valence-electron chi connectivity index (χ4n) is 1.55. The molecule has 0 amide bonds. The van der Waals surface area contributed by atoms with Crippen molar-refractivity contribution in [3.05, 3.63) is 58.1 Å². The standard InChI is InChI=1S/C14H13BrO2/c1-10-8-14(5-2-11(10)9-16)17-13-6-3-12(15)4-7-13/h2-8,16H,9H2,1H3. The van der Waals surface area contributed by atoms with Crippen LogP contribution in [0, 0.1) is 6.92 Å². The van der Waals surface area contributed by atoms with Gasteiger partial charge in [0.15, 0.2) is 0 Å². The second kappa shape index (κ2) is 5.34. The van der Waals surface area contributed by atoms with E-state index in [9.17, 15) is 0 Å². The molecule has 2 nitrogen and oxygen atoms in total. The van der Waals surface area contributed by atoms with Crippen LogP contribution in [0.1, 0.15) is 11.1 Å². The number of halogens is 1. The molecule has 0 unspecified atom stereocenters. The fraction of sp³-hybridized carbons (Fsp3) is 0.143. The van der Waals surface area contributed by atoms with Crippen molar-refractivity contribution in [3.8, 4) is 11.5 Å². The Balaban J connectivity index is 2.19. The van der Waals surface area contributed by atoms with Crippen LogP contribution < -0.4 is 4.74 Å². The van der Waals surface area contributed by atoms with Crippen molar-refractivity contribution >= 4 is 15.9 Å². The lowest BCUT2D eigenvalue weighted by molar-refractivity contribution is 0.281. The van der Waals surface area contributed by atoms with Crippen molar-refractivity contribution in [3.63, 3.8) is 0 Å². The zero-order chi connectivity index (χ0) is 12.3. The van der Waals surface area contributed by atoms with Crippen molar-refractivity contribution in [2.75, 3.05) is 0 Å². The average molecular weight is 293 g/mol. The number of hydrogen-bond acceptors (Lipinski definition) is 2. The number of benzene rings is 2. The highest BCUT2D eigenvalue weighted by molar-refractivity contribution is 9.10. The van der Waals surface area contributed by atoms with Crippen LogP contribution in [0.25, 0.3) is 0 Å². The molecule has 0 bridgehead atoms. The van der Waals surface area contributed by atoms with Crippen molar-refractivity contribution in [2.45, 2.75) is 13.5 Å². The third kappa shape index (κ3) is 3.08. The topological polar surface area (TPSA) is 29.5 Å². The van der Waals surface area contributed by atoms with Gasteiger partial charge in [0.25, 0.3) is 0 Å². The van der Waals surface area contributed by atoms with Gasteiger partial charge in [0.1, 0.15) is 11.5 Å². The van der Waals surface area contributed by atoms with Gasteiger partial charge in [0.2, 0.25) is 0 Å². The van der Waals surface area contributed by atoms with Crippen LogP contribution in [0.5, 0.6) is 11.5 Å². The smallest absolute Gasteiger partial charge is 0.127 e. The quantitative estimate of drug-likeness (QED) is 0.925. The van der Waals surface area contributed by atoms with Gasteiger partial charge in [-0.3, -0.25) is 0 Å². The van der Waals surface area contributed by atoms with Gasteiger partial charge in [-0.2, -0.15) is 0 Å². The van der Waals surface area contributed by atoms with Gasteiger partial charge in [-0.15, -0.1) is 0 Å². The average Bonchev–Trinajstić information content (AvgIpc) is 2.32. The van der Waals surface area contributed by atoms with Gasteiger partial charge in [0.05, 0.1) is 6.61 Å². The van der Waals surface area contributed by atoms with Crippen molar-refractivity contribution in [1.29, 1.82) is 0 Å². The summed E-state index contributed by atoms with van der Waals surface area (Å²) in [5.41, 5.74) is 1.95. The number of hydrogen-bond donors (Lipinski definition) is 1. The molecule has 0 aliphatic carbocycles. The van der Waals surface area contributed by atoms with Gasteiger partial charge in [-0.25, -0.2) is 0 Å². The molecule has 0 aliphatic rings. The number of aryl methyl sites for hydroxylation is 1. The minimum absolute atomic E-state index is 0.0599. The van der Waals surface area contributed by atoms with Crippen molar-refractivity contribution < 1.29 is 9.84 Å². The Morgan fingerprint density at radius 3 is 2.29 bits per heavy atom. The van der Waals surface area contributed by atoms with E-state index in [-0.39, 0.29) is 6.61 Å². The lowest BCUT2D eigenvalue weighted by Crippen LogP contribution is -1.90. The third-order valence-corrected chi connectivity index (χ3v) is 3.06. The summed E-state index contributed by atoms with van der Waals surface area (Å²) >= 11 is 3.38. The zero-order valence-corrected chi connectivity index (χ0v) is 11.1. The summed E-state index contributed by atoms with van der Waals surface area (Å²) in [6.45, 7) is 2.02. The van der Waals surface area contributed by atoms with E-state index in [1.165, 1.54) is 0 Å². The van der Waals surface area contributed by atoms with E-state index in [1.54, 1.807) is 0 Å². The molecule has 2 rings (SSSR count). The van der Waals surface area contributed by atoms with Crippen LogP contribution in [0.3, 0.4) is 0 Å². The lowest BCUT2D eigenvalue weighted by atomic mass is 10.1. The number of aliphatic hydroxyl groups excluding tert-OH is 1. The Bertz CT molecular complexity index is 506. The fourth-order valence-corrected chi connectivity index (χ4v) is 1.81. The molecule has 0 saturated heterocycles. The Hall–Kier alpha value is -1.32. The first-order chi connectivity index (χ1) is 8.19. The molecule has 88 valence electrons. The molecule has 0 aliphatic heterocycles. The van der Waals surface area contributed by atoms with Gasteiger partial charge < -0.3 is 9.84 Å². The third-order valence-electron chi connectivity index (χ3n) is 2.53. The van der Waals surface area contributed by atoms with E-state index in [1.807, 2.05) is 49.4 Å². The summed E-state index contributed by atoms with van der Waals surface area (Å²) in [6, 6.07) is 13.3. The minimum Gasteiger partial charge on any atom is -0.457 e. The van der Waals surface area contributed by atoms with Gasteiger partial charge in [-0.05, 0) is 54.4 Å². The summed E-state index contributed by atoms with van der Waals surface area (Å²) in [7, 11) is 0. The summed E-state index contributed by atoms with van der Waals surface area (Å²) in [4.78, 5) is 0. The number of ether oxygens (including phenoxy) is 1. The molecule has 0 atom stereocenters. The summed E-state index contributed by atoms with van der Waals surface area (Å²) in [5, 5.41) is 9.08. The summed E-state index contributed by atoms with van der Waals surface area (Å²) in [5.74, 6) is 1.58. The van der Waals surface area contributed by atoms with Crippen LogP contribution in [0.2, 0.25) is 0 Å². The molecule has 0 spiro atoms. The Morgan fingerprint density at radius 1 is 1.06 bits per heavy atom. The number of aliphatic hydroxyl groups is 1. The maximum absolute atomic E-state index is 9.08. The first-order valence-electron chi connectivity index (χ1n) is 5.33. The van der Waals surface area contributed by atoms with E-state index in [0.29, 0.717) is 0 Å². The Labute approximate surface area is 109 Å². The van der Waals surface area contributed by atoms with Crippen molar-refractivity contribution in [2.24, 2.45) is 0 Å². The highest BCUT2D eigenvalue weighted by Crippen LogP contribution is 2.25. The zero-order valence-electron chi connectivity index (χ0n) is 9.48. The van der Waals surface area contributed by atoms with Crippen LogP contribution >= 0.6 is 15.9 Å². The van der Waals surface area contributed by atoms with Crippen LogP contribution in [-0.2, 0) is 6.61 Å². The SMILES string of the molecule is Cc1cc(Oc2ccc(Br)cc2)ccc1CO. The number of rotatable bonds is 3. The van der Waals surface area contributed by atoms with Gasteiger partial charge in [-0.1, -0.05) is 22.0 Å². The largest absolute Gasteiger partial charge is 0.457 e. The Kier molecular flexibility index (Phi) is 3.82. The van der Waals surface area contributed by atoms with Gasteiger partial charge >= 0.3 is 0 Å². The van der Waals surface area contributed by atoms with Crippen LogP contribution in [-0.4, -0.2) is 5.11 Å². The first-order valence-corrected chi connectivity index (χ1v) is 6.12. The summed E-state index contributed by atoms with van der Waals surface area (Å²) in [6.07, 6.45) is 0. The van der Waals surface area contributed by atoms with Crippen LogP contribution in [0.4, 0.5) is 0 Å². The first kappa shape index (κ1) is 12.1. The maximum Gasteiger partial charge on any atom is 0.127 e. The molecule has 3 heteroatoms. The second-order valence-corrected chi connectivity index (χ2v) is 4.72. The molecule has 0 aromatic heterocycles. The maximum atomic E-state index is 9.08. The molecular formula is C14H13BrO2. The van der Waals surface area contributed by atoms with E-state index in [0.717, 1.165) is 27.1 Å². The summed E-state index contributed by atoms with van der Waals surface area (Å²) < 4.78 is 6.74. The molecule has 2 aromatic rings. The Morgan fingerprint density at radius 2 is 1.71 bits per heavy atom. The monoisotopic (exact) mass is 292 g/mol. The predicted molar refractivity (Wildman–Crippen MR) is 71.3 cm³/mol. The van der Waals surface area contributed by atoms with E-state index >= 15 is 0 Å². The molecule has 0 fully saturated rings. The normalized spacial score (nSPS) is 10.3. The highest BCUT2D eigenvalue weighted by atomic mass is 79.9. The molecule has 17 heavy (non-hydrogen) atoms. The predicted octanol–water partition coefficient (Wildman–Crippen LogP) is 4.04. The molecule has 0 heterocycles. The second-order valence-electron chi connectivity index (χ2n) is 3.80. The molecule has 0 saturated carbocycles. The van der Waals surface area contributed by atoms with Crippen molar-refractivity contribution in [1.82, 2.24) is 0 Å². The lowest BCUT2D eigenvalue weighted by Gasteiger charge is -2.08. The van der Waals surface area contributed by atoms with E-state index in [2.05, 4.69) is 15.9 Å².